The number of carbonyl (C=O) groups excluding carboxylic acids is 1. The molecule has 0 saturated heterocycles. The molecule has 1 N–H and O–H groups in total. The maximum atomic E-state index is 13.5. The van der Waals surface area contributed by atoms with E-state index >= 15 is 0 Å². The maximum Gasteiger partial charge on any atom is 0.416 e. The van der Waals surface area contributed by atoms with Gasteiger partial charge in [0.1, 0.15) is 12.1 Å². The van der Waals surface area contributed by atoms with Crippen molar-refractivity contribution in [1.82, 2.24) is 15.2 Å². The summed E-state index contributed by atoms with van der Waals surface area (Å²) in [5.74, 6) is -0.333. The first-order valence-electron chi connectivity index (χ1n) is 10.5. The largest absolute Gasteiger partial charge is 0.447 e. The number of benzene rings is 2. The Morgan fingerprint density at radius 3 is 2.42 bits per heavy atom. The molecule has 1 heterocycles. The Morgan fingerprint density at radius 2 is 1.76 bits per heavy atom. The first kappa shape index (κ1) is 24.4. The fraction of sp³-hybridized carbons (Fsp3) is 0.333. The predicted molar refractivity (Wildman–Crippen MR) is 114 cm³/mol. The summed E-state index contributed by atoms with van der Waals surface area (Å²) in [4.78, 5) is 18.1. The van der Waals surface area contributed by atoms with Crippen molar-refractivity contribution in [2.75, 3.05) is 6.54 Å². The lowest BCUT2D eigenvalue weighted by Crippen LogP contribution is -2.28. The smallest absolute Gasteiger partial charge is 0.416 e. The van der Waals surface area contributed by atoms with Crippen LogP contribution in [-0.2, 0) is 25.8 Å². The zero-order chi connectivity index (χ0) is 24.0. The van der Waals surface area contributed by atoms with Gasteiger partial charge in [0.05, 0.1) is 12.1 Å². The minimum absolute atomic E-state index is 0.0513. The Kier molecular flexibility index (Phi) is 7.86. The molecular formula is C24H25F4N3O2. The van der Waals surface area contributed by atoms with Gasteiger partial charge in [0.2, 0.25) is 5.89 Å². The Balaban J connectivity index is 1.81. The number of nitrogens with one attached hydrogen (secondary N) is 1. The number of aromatic nitrogens is 1. The molecule has 0 bridgehead atoms. The van der Waals surface area contributed by atoms with Crippen LogP contribution in [0.3, 0.4) is 0 Å². The third-order valence-corrected chi connectivity index (χ3v) is 4.85. The Bertz CT molecular complexity index is 1060. The molecule has 1 amide bonds. The van der Waals surface area contributed by atoms with Gasteiger partial charge in [-0.05, 0) is 35.2 Å². The number of rotatable bonds is 9. The predicted octanol–water partition coefficient (Wildman–Crippen LogP) is 5.42. The van der Waals surface area contributed by atoms with Gasteiger partial charge in [-0.15, -0.1) is 0 Å². The molecule has 0 unspecified atom stereocenters. The third-order valence-electron chi connectivity index (χ3n) is 4.85. The summed E-state index contributed by atoms with van der Waals surface area (Å²) in [5.41, 5.74) is 0.175. The van der Waals surface area contributed by atoms with E-state index in [0.717, 1.165) is 6.07 Å². The van der Waals surface area contributed by atoms with Gasteiger partial charge in [0, 0.05) is 19.6 Å². The first-order valence-corrected chi connectivity index (χ1v) is 10.5. The molecule has 0 saturated carbocycles. The summed E-state index contributed by atoms with van der Waals surface area (Å²) >= 11 is 0. The van der Waals surface area contributed by atoms with Crippen LogP contribution in [0.15, 0.2) is 59.2 Å². The summed E-state index contributed by atoms with van der Waals surface area (Å²) in [5, 5.41) is 2.74. The lowest BCUT2D eigenvalue weighted by Gasteiger charge is -2.23. The van der Waals surface area contributed by atoms with E-state index in [1.54, 1.807) is 23.1 Å². The van der Waals surface area contributed by atoms with Gasteiger partial charge in [-0.1, -0.05) is 44.2 Å². The number of nitrogens with zero attached hydrogens (tertiary/aromatic N) is 2. The SMILES string of the molecule is CC(C)CNC(=O)c1coc(CN(Cc2ccc(F)cc2)Cc2ccccc2C(F)(F)F)n1. The van der Waals surface area contributed by atoms with Gasteiger partial charge >= 0.3 is 6.18 Å². The molecule has 0 atom stereocenters. The van der Waals surface area contributed by atoms with Crippen LogP contribution < -0.4 is 5.32 Å². The minimum atomic E-state index is -4.50. The van der Waals surface area contributed by atoms with Crippen LogP contribution in [0, 0.1) is 11.7 Å². The van der Waals surface area contributed by atoms with E-state index < -0.39 is 17.6 Å². The fourth-order valence-electron chi connectivity index (χ4n) is 3.26. The molecule has 33 heavy (non-hydrogen) atoms. The molecule has 176 valence electrons. The number of halogens is 4. The number of alkyl halides is 3. The van der Waals surface area contributed by atoms with Crippen molar-refractivity contribution in [2.24, 2.45) is 5.92 Å². The summed E-state index contributed by atoms with van der Waals surface area (Å²) < 4.78 is 59.2. The van der Waals surface area contributed by atoms with Crippen molar-refractivity contribution in [1.29, 1.82) is 0 Å². The summed E-state index contributed by atoms with van der Waals surface area (Å²) in [6.45, 7) is 4.63. The Hall–Kier alpha value is -3.20. The van der Waals surface area contributed by atoms with E-state index in [0.29, 0.717) is 12.1 Å². The van der Waals surface area contributed by atoms with Crippen LogP contribution in [-0.4, -0.2) is 22.3 Å². The van der Waals surface area contributed by atoms with Gasteiger partial charge in [-0.3, -0.25) is 9.69 Å². The Labute approximate surface area is 189 Å². The van der Waals surface area contributed by atoms with Gasteiger partial charge in [0.15, 0.2) is 5.69 Å². The number of oxazole rings is 1. The van der Waals surface area contributed by atoms with E-state index in [1.807, 2.05) is 13.8 Å². The standard InChI is InChI=1S/C24H25F4N3O2/c1-16(2)11-29-23(32)21-15-33-22(30-21)14-31(12-17-7-9-19(25)10-8-17)13-18-5-3-4-6-20(18)24(26,27)28/h3-10,15-16H,11-14H2,1-2H3,(H,29,32). The van der Waals surface area contributed by atoms with Crippen LogP contribution >= 0.6 is 0 Å². The van der Waals surface area contributed by atoms with Gasteiger partial charge in [-0.2, -0.15) is 13.2 Å². The average Bonchev–Trinajstić information content (AvgIpc) is 3.22. The van der Waals surface area contributed by atoms with Crippen LogP contribution in [0.5, 0.6) is 0 Å². The van der Waals surface area contributed by atoms with Crippen molar-refractivity contribution in [3.63, 3.8) is 0 Å². The van der Waals surface area contributed by atoms with Crippen LogP contribution in [0.2, 0.25) is 0 Å². The number of carbonyl (C=O) groups is 1. The third kappa shape index (κ3) is 7.15. The lowest BCUT2D eigenvalue weighted by atomic mass is 10.1. The molecule has 0 radical (unpaired) electrons. The van der Waals surface area contributed by atoms with Crippen molar-refractivity contribution < 1.29 is 26.8 Å². The monoisotopic (exact) mass is 463 g/mol. The highest BCUT2D eigenvalue weighted by molar-refractivity contribution is 5.91. The van der Waals surface area contributed by atoms with Gasteiger partial charge in [0.25, 0.3) is 5.91 Å². The zero-order valence-electron chi connectivity index (χ0n) is 18.3. The summed E-state index contributed by atoms with van der Waals surface area (Å²) in [6, 6.07) is 11.1. The maximum absolute atomic E-state index is 13.5. The summed E-state index contributed by atoms with van der Waals surface area (Å²) in [6.07, 6.45) is -3.27. The molecule has 3 aromatic rings. The van der Waals surface area contributed by atoms with E-state index in [4.69, 9.17) is 4.42 Å². The van der Waals surface area contributed by atoms with E-state index in [-0.39, 0.29) is 48.6 Å². The van der Waals surface area contributed by atoms with Crippen molar-refractivity contribution in [3.8, 4) is 0 Å². The lowest BCUT2D eigenvalue weighted by molar-refractivity contribution is -0.138. The molecule has 0 spiro atoms. The highest BCUT2D eigenvalue weighted by Gasteiger charge is 2.33. The zero-order valence-corrected chi connectivity index (χ0v) is 18.3. The molecule has 0 aliphatic heterocycles. The number of hydrogen-bond acceptors (Lipinski definition) is 4. The topological polar surface area (TPSA) is 58.4 Å². The molecule has 5 nitrogen and oxygen atoms in total. The number of amides is 1. The second-order valence-corrected chi connectivity index (χ2v) is 8.16. The normalized spacial score (nSPS) is 11.9. The van der Waals surface area contributed by atoms with Gasteiger partial charge < -0.3 is 9.73 Å². The average molecular weight is 463 g/mol. The quantitative estimate of drug-likeness (QED) is 0.431. The molecular weight excluding hydrogens is 438 g/mol. The van der Waals surface area contributed by atoms with E-state index in [2.05, 4.69) is 10.3 Å². The molecule has 9 heteroatoms. The second kappa shape index (κ2) is 10.6. The van der Waals surface area contributed by atoms with Crippen LogP contribution in [0.4, 0.5) is 17.6 Å². The van der Waals surface area contributed by atoms with Crippen LogP contribution in [0.1, 0.15) is 46.9 Å². The van der Waals surface area contributed by atoms with Crippen molar-refractivity contribution >= 4 is 5.91 Å². The van der Waals surface area contributed by atoms with E-state index in [9.17, 15) is 22.4 Å². The Morgan fingerprint density at radius 1 is 1.06 bits per heavy atom. The molecule has 1 aromatic heterocycles. The first-order chi connectivity index (χ1) is 15.6. The van der Waals surface area contributed by atoms with Crippen LogP contribution in [0.25, 0.3) is 0 Å². The molecule has 2 aromatic carbocycles. The van der Waals surface area contributed by atoms with Crippen molar-refractivity contribution in [3.05, 3.63) is 88.9 Å². The van der Waals surface area contributed by atoms with Gasteiger partial charge in [-0.25, -0.2) is 9.37 Å². The molecule has 3 rings (SSSR count). The fourth-order valence-corrected chi connectivity index (χ4v) is 3.26. The van der Waals surface area contributed by atoms with Crippen molar-refractivity contribution in [2.45, 2.75) is 39.7 Å². The molecule has 0 aliphatic carbocycles. The highest BCUT2D eigenvalue weighted by atomic mass is 19.4. The second-order valence-electron chi connectivity index (χ2n) is 8.16. The highest BCUT2D eigenvalue weighted by Crippen LogP contribution is 2.32. The minimum Gasteiger partial charge on any atom is -0.447 e. The summed E-state index contributed by atoms with van der Waals surface area (Å²) in [7, 11) is 0. The van der Waals surface area contributed by atoms with E-state index in [1.165, 1.54) is 30.5 Å². The molecule has 0 fully saturated rings. The molecule has 0 aliphatic rings. The number of hydrogen-bond donors (Lipinski definition) is 1.